The normalized spacial score (nSPS) is 24.0. The third-order valence-electron chi connectivity index (χ3n) is 9.06. The number of aromatic hydroxyl groups is 1. The fourth-order valence-electron chi connectivity index (χ4n) is 7.16. The molecule has 0 spiro atoms. The van der Waals surface area contributed by atoms with E-state index in [1.165, 1.54) is 0 Å². The lowest BCUT2D eigenvalue weighted by Gasteiger charge is -2.42. The fourth-order valence-corrected chi connectivity index (χ4v) is 7.61. The van der Waals surface area contributed by atoms with Gasteiger partial charge >= 0.3 is 6.36 Å². The summed E-state index contributed by atoms with van der Waals surface area (Å²) in [7, 11) is 0. The van der Waals surface area contributed by atoms with E-state index in [-0.39, 0.29) is 34.0 Å². The molecule has 3 aromatic carbocycles. The molecule has 4 atom stereocenters. The van der Waals surface area contributed by atoms with Crippen LogP contribution in [-0.4, -0.2) is 34.8 Å². The van der Waals surface area contributed by atoms with E-state index in [1.54, 1.807) is 30.3 Å². The van der Waals surface area contributed by atoms with E-state index in [9.17, 15) is 37.5 Å². The summed E-state index contributed by atoms with van der Waals surface area (Å²) in [5.74, 6) is -6.59. The zero-order valence-corrected chi connectivity index (χ0v) is 25.8. The molecule has 3 aliphatic carbocycles. The molecule has 4 unspecified atom stereocenters. The average Bonchev–Trinajstić information content (AvgIpc) is 3.29. The Morgan fingerprint density at radius 3 is 2.30 bits per heavy atom. The molecule has 2 amide bonds. The van der Waals surface area contributed by atoms with Crippen LogP contribution < -0.4 is 15.0 Å². The Morgan fingerprint density at radius 2 is 1.60 bits per heavy atom. The number of phenols is 1. The lowest BCUT2D eigenvalue weighted by molar-refractivity contribution is -0.274. The zero-order chi connectivity index (χ0) is 33.2. The number of nitrogens with zero attached hydrogens (tertiary/aromatic N) is 1. The molecule has 0 bridgehead atoms. The lowest BCUT2D eigenvalue weighted by atomic mass is 9.59. The second-order valence-corrected chi connectivity index (χ2v) is 12.6. The van der Waals surface area contributed by atoms with E-state index in [0.717, 1.165) is 40.5 Å². The standard InChI is InChI=1S/C35H24BrF3N2O6/c36-26-16-28(43)31-25(32(26)44)15-23-21(29(31)24-14-20(10-13-27(24)42)47-35(37,38)39)11-12-22-30(23)34(46)41(33(22)45)19-8-6-18(7-9-19)40-17-4-2-1-3-5-17/h1-11,13-14,16,22-23,29-30,40,42H,12,15H2. The van der Waals surface area contributed by atoms with Crippen molar-refractivity contribution < 1.29 is 42.2 Å². The molecule has 7 rings (SSSR count). The van der Waals surface area contributed by atoms with Crippen LogP contribution in [0.5, 0.6) is 11.5 Å². The summed E-state index contributed by atoms with van der Waals surface area (Å²) in [5.41, 5.74) is 2.44. The van der Waals surface area contributed by atoms with Gasteiger partial charge in [-0.25, -0.2) is 0 Å². The summed E-state index contributed by atoms with van der Waals surface area (Å²) < 4.78 is 43.5. The number of amides is 2. The highest BCUT2D eigenvalue weighted by atomic mass is 79.9. The Balaban J connectivity index is 1.27. The van der Waals surface area contributed by atoms with Gasteiger partial charge in [0.05, 0.1) is 22.0 Å². The molecule has 238 valence electrons. The predicted octanol–water partition coefficient (Wildman–Crippen LogP) is 7.00. The van der Waals surface area contributed by atoms with Gasteiger partial charge < -0.3 is 15.2 Å². The molecule has 0 radical (unpaired) electrons. The highest BCUT2D eigenvalue weighted by molar-refractivity contribution is 9.12. The summed E-state index contributed by atoms with van der Waals surface area (Å²) in [6.07, 6.45) is -2.14. The van der Waals surface area contributed by atoms with Gasteiger partial charge in [-0.3, -0.25) is 24.1 Å². The minimum Gasteiger partial charge on any atom is -0.508 e. The van der Waals surface area contributed by atoms with Gasteiger partial charge in [0.15, 0.2) is 11.6 Å². The Labute approximate surface area is 274 Å². The molecule has 2 N–H and O–H groups in total. The number of nitrogens with one attached hydrogen (secondary N) is 1. The summed E-state index contributed by atoms with van der Waals surface area (Å²) in [5, 5.41) is 14.2. The molecule has 3 aromatic rings. The number of Topliss-reactive ketones (excluding diaryl/α,β-unsaturated/α-hetero) is 1. The van der Waals surface area contributed by atoms with Crippen LogP contribution in [0.15, 0.2) is 106 Å². The lowest BCUT2D eigenvalue weighted by Crippen LogP contribution is -2.39. The topological polar surface area (TPSA) is 113 Å². The highest BCUT2D eigenvalue weighted by Gasteiger charge is 2.57. The van der Waals surface area contributed by atoms with Crippen molar-refractivity contribution in [2.24, 2.45) is 17.8 Å². The smallest absolute Gasteiger partial charge is 0.508 e. The van der Waals surface area contributed by atoms with E-state index >= 15 is 0 Å². The second kappa shape index (κ2) is 11.4. The van der Waals surface area contributed by atoms with Crippen LogP contribution in [0.1, 0.15) is 24.3 Å². The van der Waals surface area contributed by atoms with Crippen molar-refractivity contribution in [3.8, 4) is 11.5 Å². The third-order valence-corrected chi connectivity index (χ3v) is 9.65. The number of ketones is 2. The molecule has 0 aromatic heterocycles. The van der Waals surface area contributed by atoms with Crippen molar-refractivity contribution in [1.29, 1.82) is 0 Å². The van der Waals surface area contributed by atoms with Gasteiger partial charge in [-0.15, -0.1) is 13.2 Å². The first-order valence-corrected chi connectivity index (χ1v) is 15.5. The number of hydrogen-bond acceptors (Lipinski definition) is 7. The number of fused-ring (bicyclic) bond motifs is 3. The van der Waals surface area contributed by atoms with E-state index < -0.39 is 64.9 Å². The molecule has 1 heterocycles. The number of benzene rings is 3. The summed E-state index contributed by atoms with van der Waals surface area (Å²) in [6.45, 7) is 0. The largest absolute Gasteiger partial charge is 0.573 e. The number of imide groups is 1. The van der Waals surface area contributed by atoms with Gasteiger partial charge in [-0.2, -0.15) is 0 Å². The first-order valence-electron chi connectivity index (χ1n) is 14.7. The first kappa shape index (κ1) is 30.7. The Morgan fingerprint density at radius 1 is 0.894 bits per heavy atom. The van der Waals surface area contributed by atoms with E-state index in [1.807, 2.05) is 30.3 Å². The van der Waals surface area contributed by atoms with E-state index in [4.69, 9.17) is 0 Å². The molecule has 4 aliphatic rings. The predicted molar refractivity (Wildman–Crippen MR) is 168 cm³/mol. The van der Waals surface area contributed by atoms with Crippen molar-refractivity contribution in [2.45, 2.75) is 25.1 Å². The molecule has 47 heavy (non-hydrogen) atoms. The van der Waals surface area contributed by atoms with Crippen LogP contribution in [0.3, 0.4) is 0 Å². The number of halogens is 4. The molecule has 0 saturated carbocycles. The number of rotatable bonds is 5. The van der Waals surface area contributed by atoms with Gasteiger partial charge in [0.1, 0.15) is 11.5 Å². The Bertz CT molecular complexity index is 1950. The van der Waals surface area contributed by atoms with Gasteiger partial charge in [-0.1, -0.05) is 29.8 Å². The van der Waals surface area contributed by atoms with Crippen molar-refractivity contribution in [2.75, 3.05) is 10.2 Å². The molecule has 1 aliphatic heterocycles. The monoisotopic (exact) mass is 704 g/mol. The number of allylic oxidation sites excluding steroid dienone is 6. The molecule has 12 heteroatoms. The molecule has 1 saturated heterocycles. The van der Waals surface area contributed by atoms with Crippen LogP contribution in [0.2, 0.25) is 0 Å². The summed E-state index contributed by atoms with van der Waals surface area (Å²) in [6, 6.07) is 19.2. The van der Waals surface area contributed by atoms with Gasteiger partial charge in [-0.05, 0) is 89.3 Å². The van der Waals surface area contributed by atoms with Crippen molar-refractivity contribution in [3.05, 3.63) is 112 Å². The quantitative estimate of drug-likeness (QED) is 0.167. The van der Waals surface area contributed by atoms with Gasteiger partial charge in [0, 0.05) is 40.1 Å². The average molecular weight is 705 g/mol. The fraction of sp³-hybridized carbons (Fsp3) is 0.200. The maximum atomic E-state index is 14.2. The molecule has 1 fully saturated rings. The Kier molecular flexibility index (Phi) is 7.42. The number of alkyl halides is 3. The SMILES string of the molecule is O=C1C=C(Br)C(=O)C2=C1C(c1cc(OC(F)(F)F)ccc1O)C1=CCC3C(=O)N(c4ccc(Nc5ccccc5)cc4)C(=O)C3C1C2. The van der Waals surface area contributed by atoms with Crippen LogP contribution in [-0.2, 0) is 19.2 Å². The second-order valence-electron chi connectivity index (χ2n) is 11.7. The Hall–Kier alpha value is -4.97. The minimum absolute atomic E-state index is 0.00202. The van der Waals surface area contributed by atoms with Crippen LogP contribution >= 0.6 is 15.9 Å². The summed E-state index contributed by atoms with van der Waals surface area (Å²) >= 11 is 3.14. The van der Waals surface area contributed by atoms with Crippen molar-refractivity contribution >= 4 is 56.4 Å². The number of hydrogen-bond donors (Lipinski definition) is 2. The minimum atomic E-state index is -5.02. The van der Waals surface area contributed by atoms with E-state index in [0.29, 0.717) is 11.3 Å². The number of anilines is 3. The number of carbonyl (C=O) groups is 4. The number of phenolic OH excluding ortho intramolecular Hbond substituents is 1. The number of ether oxygens (including phenoxy) is 1. The van der Waals surface area contributed by atoms with Gasteiger partial charge in [0.2, 0.25) is 11.8 Å². The van der Waals surface area contributed by atoms with Crippen LogP contribution in [0, 0.1) is 17.8 Å². The summed E-state index contributed by atoms with van der Waals surface area (Å²) in [4.78, 5) is 55.9. The zero-order valence-electron chi connectivity index (χ0n) is 24.3. The number of para-hydroxylation sites is 1. The molecule has 8 nitrogen and oxygen atoms in total. The molecular formula is C35H24BrF3N2O6. The number of carbonyl (C=O) groups excluding carboxylic acids is 4. The maximum Gasteiger partial charge on any atom is 0.573 e. The van der Waals surface area contributed by atoms with Crippen LogP contribution in [0.4, 0.5) is 30.2 Å². The van der Waals surface area contributed by atoms with Gasteiger partial charge in [0.25, 0.3) is 0 Å². The van der Waals surface area contributed by atoms with E-state index in [2.05, 4.69) is 26.0 Å². The maximum absolute atomic E-state index is 14.2. The van der Waals surface area contributed by atoms with Crippen molar-refractivity contribution in [3.63, 3.8) is 0 Å². The van der Waals surface area contributed by atoms with Crippen molar-refractivity contribution in [1.82, 2.24) is 0 Å². The first-order chi connectivity index (χ1) is 22.4. The molecular weight excluding hydrogens is 681 g/mol. The van der Waals surface area contributed by atoms with Crippen LogP contribution in [0.25, 0.3) is 0 Å². The highest BCUT2D eigenvalue weighted by Crippen LogP contribution is 2.57. The third kappa shape index (κ3) is 5.36.